The summed E-state index contributed by atoms with van der Waals surface area (Å²) >= 11 is 7.56. The summed E-state index contributed by atoms with van der Waals surface area (Å²) in [5, 5.41) is 5.27. The molecule has 0 aliphatic rings. The Morgan fingerprint density at radius 1 is 1.28 bits per heavy atom. The first-order valence-electron chi connectivity index (χ1n) is 5.40. The van der Waals surface area contributed by atoms with Crippen LogP contribution in [0, 0.1) is 18.6 Å². The third-order valence-electron chi connectivity index (χ3n) is 2.80. The van der Waals surface area contributed by atoms with E-state index in [4.69, 9.17) is 11.6 Å². The maximum Gasteiger partial charge on any atom is 0.160 e. The van der Waals surface area contributed by atoms with E-state index in [0.29, 0.717) is 5.56 Å². The molecule has 0 aliphatic carbocycles. The molecule has 1 heterocycles. The van der Waals surface area contributed by atoms with Crippen molar-refractivity contribution in [1.82, 2.24) is 5.32 Å². The van der Waals surface area contributed by atoms with Crippen LogP contribution in [0.2, 0.25) is 5.02 Å². The molecule has 18 heavy (non-hydrogen) atoms. The van der Waals surface area contributed by atoms with Crippen molar-refractivity contribution in [1.29, 1.82) is 0 Å². The summed E-state index contributed by atoms with van der Waals surface area (Å²) in [6, 6.07) is 3.92. The first-order chi connectivity index (χ1) is 8.54. The molecule has 0 saturated heterocycles. The number of nitrogens with one attached hydrogen (secondary N) is 1. The van der Waals surface area contributed by atoms with Crippen molar-refractivity contribution >= 4 is 22.9 Å². The Morgan fingerprint density at radius 3 is 2.50 bits per heavy atom. The van der Waals surface area contributed by atoms with Crippen LogP contribution >= 0.6 is 22.9 Å². The fraction of sp³-hybridized carbons (Fsp3) is 0.231. The van der Waals surface area contributed by atoms with Gasteiger partial charge in [0, 0.05) is 9.90 Å². The molecule has 2 aromatic rings. The molecule has 2 rings (SSSR count). The summed E-state index contributed by atoms with van der Waals surface area (Å²) in [7, 11) is 1.77. The van der Waals surface area contributed by atoms with Crippen molar-refractivity contribution in [2.75, 3.05) is 7.05 Å². The van der Waals surface area contributed by atoms with Crippen LogP contribution in [0.25, 0.3) is 0 Å². The molecule has 5 heteroatoms. The first-order valence-corrected chi connectivity index (χ1v) is 6.66. The Balaban J connectivity index is 2.52. The van der Waals surface area contributed by atoms with Gasteiger partial charge in [-0.2, -0.15) is 0 Å². The van der Waals surface area contributed by atoms with Gasteiger partial charge in [-0.25, -0.2) is 8.78 Å². The molecule has 1 nitrogen and oxygen atoms in total. The number of benzene rings is 1. The van der Waals surface area contributed by atoms with E-state index < -0.39 is 11.6 Å². The summed E-state index contributed by atoms with van der Waals surface area (Å²) < 4.78 is 26.4. The Bertz CT molecular complexity index is 568. The molecule has 0 fully saturated rings. The highest BCUT2D eigenvalue weighted by atomic mass is 35.5. The largest absolute Gasteiger partial charge is 0.309 e. The highest BCUT2D eigenvalue weighted by molar-refractivity contribution is 7.10. The molecule has 0 amide bonds. The Morgan fingerprint density at radius 2 is 1.94 bits per heavy atom. The molecular weight excluding hydrogens is 276 g/mol. The van der Waals surface area contributed by atoms with Gasteiger partial charge in [0.15, 0.2) is 11.6 Å². The molecule has 1 N–H and O–H groups in total. The van der Waals surface area contributed by atoms with Crippen LogP contribution in [0.3, 0.4) is 0 Å². The van der Waals surface area contributed by atoms with Crippen molar-refractivity contribution < 1.29 is 8.78 Å². The van der Waals surface area contributed by atoms with E-state index in [-0.39, 0.29) is 11.1 Å². The van der Waals surface area contributed by atoms with Crippen LogP contribution in [-0.4, -0.2) is 7.05 Å². The van der Waals surface area contributed by atoms with Crippen LogP contribution in [0.15, 0.2) is 23.6 Å². The number of thiophene rings is 1. The fourth-order valence-electron chi connectivity index (χ4n) is 1.87. The Hall–Kier alpha value is -0.970. The van der Waals surface area contributed by atoms with Gasteiger partial charge < -0.3 is 5.32 Å². The lowest BCUT2D eigenvalue weighted by Gasteiger charge is -2.18. The van der Waals surface area contributed by atoms with E-state index in [1.807, 2.05) is 18.4 Å². The number of hydrogen-bond donors (Lipinski definition) is 1. The number of rotatable bonds is 3. The van der Waals surface area contributed by atoms with E-state index in [2.05, 4.69) is 5.32 Å². The maximum absolute atomic E-state index is 13.3. The smallest absolute Gasteiger partial charge is 0.160 e. The monoisotopic (exact) mass is 287 g/mol. The van der Waals surface area contributed by atoms with Crippen LogP contribution in [0.1, 0.15) is 22.0 Å². The van der Waals surface area contributed by atoms with E-state index in [1.165, 1.54) is 0 Å². The topological polar surface area (TPSA) is 12.0 Å². The summed E-state index contributed by atoms with van der Waals surface area (Å²) in [5.74, 6) is -1.81. The predicted octanol–water partition coefficient (Wildman–Crippen LogP) is 4.30. The molecule has 0 aliphatic heterocycles. The second-order valence-electron chi connectivity index (χ2n) is 3.98. The SMILES string of the molecule is CNC(c1cc(F)c(F)cc1Cl)c1sccc1C. The summed E-state index contributed by atoms with van der Waals surface area (Å²) in [4.78, 5) is 1.05. The molecule has 96 valence electrons. The van der Waals surface area contributed by atoms with Crippen molar-refractivity contribution in [2.24, 2.45) is 0 Å². The van der Waals surface area contributed by atoms with Crippen molar-refractivity contribution in [2.45, 2.75) is 13.0 Å². The van der Waals surface area contributed by atoms with Crippen molar-refractivity contribution in [3.63, 3.8) is 0 Å². The average molecular weight is 288 g/mol. The minimum Gasteiger partial charge on any atom is -0.309 e. The van der Waals surface area contributed by atoms with Gasteiger partial charge in [-0.1, -0.05) is 11.6 Å². The molecular formula is C13H12ClF2NS. The molecule has 0 radical (unpaired) electrons. The van der Waals surface area contributed by atoms with Crippen LogP contribution in [0.4, 0.5) is 8.78 Å². The van der Waals surface area contributed by atoms with E-state index in [0.717, 1.165) is 22.6 Å². The number of halogens is 3. The van der Waals surface area contributed by atoms with Crippen LogP contribution in [-0.2, 0) is 0 Å². The molecule has 0 spiro atoms. The molecule has 1 aromatic heterocycles. The summed E-state index contributed by atoms with van der Waals surface area (Å²) in [6.07, 6.45) is 0. The fourth-order valence-corrected chi connectivity index (χ4v) is 3.18. The van der Waals surface area contributed by atoms with Gasteiger partial charge in [0.1, 0.15) is 0 Å². The van der Waals surface area contributed by atoms with Gasteiger partial charge in [-0.3, -0.25) is 0 Å². The van der Waals surface area contributed by atoms with Crippen molar-refractivity contribution in [3.05, 3.63) is 56.2 Å². The third kappa shape index (κ3) is 2.41. The summed E-state index contributed by atoms with van der Waals surface area (Å²) in [5.41, 5.74) is 1.64. The van der Waals surface area contributed by atoms with Gasteiger partial charge in [0.25, 0.3) is 0 Å². The normalized spacial score (nSPS) is 12.7. The minimum absolute atomic E-state index is 0.223. The van der Waals surface area contributed by atoms with Gasteiger partial charge in [0.05, 0.1) is 6.04 Å². The van der Waals surface area contributed by atoms with Gasteiger partial charge in [-0.15, -0.1) is 11.3 Å². The molecule has 1 unspecified atom stereocenters. The van der Waals surface area contributed by atoms with Crippen LogP contribution in [0.5, 0.6) is 0 Å². The van der Waals surface area contributed by atoms with E-state index >= 15 is 0 Å². The second kappa shape index (κ2) is 5.34. The maximum atomic E-state index is 13.3. The Labute approximate surface area is 113 Å². The molecule has 1 atom stereocenters. The average Bonchev–Trinajstić information content (AvgIpc) is 2.73. The Kier molecular flexibility index (Phi) is 4.00. The lowest BCUT2D eigenvalue weighted by molar-refractivity contribution is 0.505. The predicted molar refractivity (Wildman–Crippen MR) is 71.3 cm³/mol. The minimum atomic E-state index is -0.929. The van der Waals surface area contributed by atoms with Gasteiger partial charge in [-0.05, 0) is 48.7 Å². The van der Waals surface area contributed by atoms with E-state index in [1.54, 1.807) is 18.4 Å². The van der Waals surface area contributed by atoms with Crippen molar-refractivity contribution in [3.8, 4) is 0 Å². The van der Waals surface area contributed by atoms with Crippen LogP contribution < -0.4 is 5.32 Å². The van der Waals surface area contributed by atoms with Gasteiger partial charge >= 0.3 is 0 Å². The first kappa shape index (κ1) is 13.5. The number of hydrogen-bond acceptors (Lipinski definition) is 2. The highest BCUT2D eigenvalue weighted by Crippen LogP contribution is 2.34. The lowest BCUT2D eigenvalue weighted by Crippen LogP contribution is -2.18. The summed E-state index contributed by atoms with van der Waals surface area (Å²) in [6.45, 7) is 1.98. The highest BCUT2D eigenvalue weighted by Gasteiger charge is 2.20. The number of aryl methyl sites for hydroxylation is 1. The molecule has 1 aromatic carbocycles. The lowest BCUT2D eigenvalue weighted by atomic mass is 10.0. The quantitative estimate of drug-likeness (QED) is 0.830. The third-order valence-corrected chi connectivity index (χ3v) is 4.21. The van der Waals surface area contributed by atoms with E-state index in [9.17, 15) is 8.78 Å². The van der Waals surface area contributed by atoms with Gasteiger partial charge in [0.2, 0.25) is 0 Å². The second-order valence-corrected chi connectivity index (χ2v) is 5.33. The molecule has 0 bridgehead atoms. The molecule has 0 saturated carbocycles. The zero-order chi connectivity index (χ0) is 13.3. The zero-order valence-corrected chi connectivity index (χ0v) is 11.5. The standard InChI is InChI=1S/C13H12ClF2NS/c1-7-3-4-18-13(7)12(17-2)8-5-10(15)11(16)6-9(8)14/h3-6,12,17H,1-2H3. The zero-order valence-electron chi connectivity index (χ0n) is 9.93.